The Kier molecular flexibility index (Phi) is 4.56. The number of benzene rings is 1. The molecular formula is C15H22N2O2. The first kappa shape index (κ1) is 14.0. The van der Waals surface area contributed by atoms with Crippen LogP contribution in [-0.2, 0) is 4.79 Å². The summed E-state index contributed by atoms with van der Waals surface area (Å²) in [4.78, 5) is 11.7. The van der Waals surface area contributed by atoms with Gasteiger partial charge in [0.25, 0.3) is 0 Å². The quantitative estimate of drug-likeness (QED) is 0.758. The Balaban J connectivity index is 1.73. The van der Waals surface area contributed by atoms with Gasteiger partial charge in [0.2, 0.25) is 5.91 Å². The summed E-state index contributed by atoms with van der Waals surface area (Å²) in [6, 6.07) is 7.71. The molecule has 1 aliphatic rings. The number of amides is 1. The summed E-state index contributed by atoms with van der Waals surface area (Å²) < 4.78 is 0. The van der Waals surface area contributed by atoms with Crippen LogP contribution in [0.1, 0.15) is 31.2 Å². The zero-order valence-electron chi connectivity index (χ0n) is 11.4. The first-order chi connectivity index (χ1) is 9.07. The van der Waals surface area contributed by atoms with E-state index in [-0.39, 0.29) is 12.5 Å². The van der Waals surface area contributed by atoms with Crippen LogP contribution in [0.15, 0.2) is 24.3 Å². The highest BCUT2D eigenvalue weighted by Crippen LogP contribution is 2.28. The number of carbonyl (C=O) groups is 1. The second-order valence-corrected chi connectivity index (χ2v) is 5.45. The SMILES string of the molecule is Cc1cccc(NC(=O)CNCC2(O)CCCC2)c1. The van der Waals surface area contributed by atoms with E-state index in [0.717, 1.165) is 36.9 Å². The van der Waals surface area contributed by atoms with Crippen molar-refractivity contribution in [1.82, 2.24) is 5.32 Å². The number of carbonyl (C=O) groups excluding carboxylic acids is 1. The van der Waals surface area contributed by atoms with E-state index in [2.05, 4.69) is 10.6 Å². The molecule has 0 radical (unpaired) electrons. The van der Waals surface area contributed by atoms with Crippen molar-refractivity contribution in [2.24, 2.45) is 0 Å². The Labute approximate surface area is 114 Å². The predicted octanol–water partition coefficient (Wildman–Crippen LogP) is 1.83. The molecule has 0 atom stereocenters. The topological polar surface area (TPSA) is 61.4 Å². The third kappa shape index (κ3) is 4.33. The van der Waals surface area contributed by atoms with E-state index in [4.69, 9.17) is 0 Å². The van der Waals surface area contributed by atoms with Crippen molar-refractivity contribution in [3.8, 4) is 0 Å². The Morgan fingerprint density at radius 3 is 2.79 bits per heavy atom. The number of aryl methyl sites for hydroxylation is 1. The van der Waals surface area contributed by atoms with E-state index in [9.17, 15) is 9.90 Å². The molecule has 1 aromatic carbocycles. The monoisotopic (exact) mass is 262 g/mol. The maximum absolute atomic E-state index is 11.7. The van der Waals surface area contributed by atoms with Gasteiger partial charge in [-0.2, -0.15) is 0 Å². The molecule has 0 heterocycles. The van der Waals surface area contributed by atoms with E-state index >= 15 is 0 Å². The highest BCUT2D eigenvalue weighted by atomic mass is 16.3. The lowest BCUT2D eigenvalue weighted by atomic mass is 10.0. The number of anilines is 1. The molecule has 1 fully saturated rings. The van der Waals surface area contributed by atoms with Crippen LogP contribution in [0.4, 0.5) is 5.69 Å². The number of nitrogens with one attached hydrogen (secondary N) is 2. The van der Waals surface area contributed by atoms with Gasteiger partial charge in [0.1, 0.15) is 0 Å². The smallest absolute Gasteiger partial charge is 0.238 e. The molecule has 1 aliphatic carbocycles. The Morgan fingerprint density at radius 1 is 1.37 bits per heavy atom. The molecule has 0 bridgehead atoms. The zero-order valence-corrected chi connectivity index (χ0v) is 11.4. The zero-order chi connectivity index (χ0) is 13.7. The van der Waals surface area contributed by atoms with Crippen LogP contribution in [0.3, 0.4) is 0 Å². The maximum Gasteiger partial charge on any atom is 0.238 e. The molecule has 1 aromatic rings. The fourth-order valence-corrected chi connectivity index (χ4v) is 2.55. The molecule has 0 saturated heterocycles. The Bertz CT molecular complexity index is 440. The third-order valence-corrected chi connectivity index (χ3v) is 3.58. The molecule has 19 heavy (non-hydrogen) atoms. The summed E-state index contributed by atoms with van der Waals surface area (Å²) in [5.41, 5.74) is 1.32. The number of aliphatic hydroxyl groups is 1. The van der Waals surface area contributed by atoms with Gasteiger partial charge in [-0.1, -0.05) is 25.0 Å². The van der Waals surface area contributed by atoms with Crippen LogP contribution < -0.4 is 10.6 Å². The van der Waals surface area contributed by atoms with Crippen molar-refractivity contribution in [1.29, 1.82) is 0 Å². The van der Waals surface area contributed by atoms with Crippen molar-refractivity contribution in [2.75, 3.05) is 18.4 Å². The molecule has 4 nitrogen and oxygen atoms in total. The fraction of sp³-hybridized carbons (Fsp3) is 0.533. The van der Waals surface area contributed by atoms with Crippen molar-refractivity contribution in [3.63, 3.8) is 0 Å². The predicted molar refractivity (Wildman–Crippen MR) is 76.1 cm³/mol. The first-order valence-electron chi connectivity index (χ1n) is 6.87. The van der Waals surface area contributed by atoms with Crippen molar-refractivity contribution >= 4 is 11.6 Å². The number of rotatable bonds is 5. The molecule has 104 valence electrons. The molecule has 0 spiro atoms. The van der Waals surface area contributed by atoms with Gasteiger partial charge in [-0.15, -0.1) is 0 Å². The van der Waals surface area contributed by atoms with E-state index in [0.29, 0.717) is 6.54 Å². The highest BCUT2D eigenvalue weighted by Gasteiger charge is 2.30. The van der Waals surface area contributed by atoms with Gasteiger partial charge in [0, 0.05) is 12.2 Å². The van der Waals surface area contributed by atoms with Crippen LogP contribution in [-0.4, -0.2) is 29.7 Å². The minimum absolute atomic E-state index is 0.0767. The van der Waals surface area contributed by atoms with Crippen molar-refractivity contribution < 1.29 is 9.90 Å². The first-order valence-corrected chi connectivity index (χ1v) is 6.87. The summed E-state index contributed by atoms with van der Waals surface area (Å²) in [6.45, 7) is 2.72. The van der Waals surface area contributed by atoms with Gasteiger partial charge in [-0.3, -0.25) is 4.79 Å². The number of hydrogen-bond donors (Lipinski definition) is 3. The van der Waals surface area contributed by atoms with Crippen LogP contribution in [0.5, 0.6) is 0 Å². The lowest BCUT2D eigenvalue weighted by Crippen LogP contribution is -2.41. The van der Waals surface area contributed by atoms with Crippen molar-refractivity contribution in [2.45, 2.75) is 38.2 Å². The normalized spacial score (nSPS) is 17.4. The summed E-state index contributed by atoms with van der Waals surface area (Å²) in [5.74, 6) is -0.0767. The highest BCUT2D eigenvalue weighted by molar-refractivity contribution is 5.92. The minimum Gasteiger partial charge on any atom is -0.389 e. The standard InChI is InChI=1S/C15H22N2O2/c1-12-5-4-6-13(9-12)17-14(18)10-16-11-15(19)7-2-3-8-15/h4-6,9,16,19H,2-3,7-8,10-11H2,1H3,(H,17,18). The molecule has 1 saturated carbocycles. The van der Waals surface area contributed by atoms with Gasteiger partial charge in [-0.05, 0) is 37.5 Å². The maximum atomic E-state index is 11.7. The second-order valence-electron chi connectivity index (χ2n) is 5.45. The van der Waals surface area contributed by atoms with Crippen molar-refractivity contribution in [3.05, 3.63) is 29.8 Å². The molecule has 3 N–H and O–H groups in total. The van der Waals surface area contributed by atoms with E-state index < -0.39 is 5.60 Å². The fourth-order valence-electron chi connectivity index (χ4n) is 2.55. The van der Waals surface area contributed by atoms with Crippen LogP contribution in [0.25, 0.3) is 0 Å². The molecule has 0 aromatic heterocycles. The summed E-state index contributed by atoms with van der Waals surface area (Å²) in [5, 5.41) is 16.0. The molecular weight excluding hydrogens is 240 g/mol. The lowest BCUT2D eigenvalue weighted by Gasteiger charge is -2.22. The van der Waals surface area contributed by atoms with Crippen LogP contribution in [0, 0.1) is 6.92 Å². The third-order valence-electron chi connectivity index (χ3n) is 3.58. The van der Waals surface area contributed by atoms with Gasteiger partial charge in [0.05, 0.1) is 12.1 Å². The Morgan fingerprint density at radius 2 is 2.11 bits per heavy atom. The molecule has 2 rings (SSSR count). The minimum atomic E-state index is -0.608. The Hall–Kier alpha value is -1.39. The average molecular weight is 262 g/mol. The number of hydrogen-bond acceptors (Lipinski definition) is 3. The van der Waals surface area contributed by atoms with E-state index in [1.54, 1.807) is 0 Å². The molecule has 0 unspecified atom stereocenters. The van der Waals surface area contributed by atoms with E-state index in [1.807, 2.05) is 31.2 Å². The van der Waals surface area contributed by atoms with Gasteiger partial charge in [-0.25, -0.2) is 0 Å². The summed E-state index contributed by atoms with van der Waals surface area (Å²) >= 11 is 0. The van der Waals surface area contributed by atoms with Gasteiger partial charge < -0.3 is 15.7 Å². The molecule has 0 aliphatic heterocycles. The average Bonchev–Trinajstić information content (AvgIpc) is 2.76. The molecule has 4 heteroatoms. The lowest BCUT2D eigenvalue weighted by molar-refractivity contribution is -0.115. The summed E-state index contributed by atoms with van der Waals surface area (Å²) in [7, 11) is 0. The summed E-state index contributed by atoms with van der Waals surface area (Å²) in [6.07, 6.45) is 3.82. The van der Waals surface area contributed by atoms with Gasteiger partial charge in [0.15, 0.2) is 0 Å². The van der Waals surface area contributed by atoms with Crippen LogP contribution >= 0.6 is 0 Å². The van der Waals surface area contributed by atoms with E-state index in [1.165, 1.54) is 0 Å². The van der Waals surface area contributed by atoms with Crippen LogP contribution in [0.2, 0.25) is 0 Å². The molecule has 1 amide bonds. The van der Waals surface area contributed by atoms with Gasteiger partial charge >= 0.3 is 0 Å². The largest absolute Gasteiger partial charge is 0.389 e. The second kappa shape index (κ2) is 6.17.